The van der Waals surface area contributed by atoms with E-state index in [2.05, 4.69) is 10.2 Å². The molecule has 0 radical (unpaired) electrons. The van der Waals surface area contributed by atoms with Gasteiger partial charge in [-0.2, -0.15) is 0 Å². The molecule has 3 fully saturated rings. The Morgan fingerprint density at radius 3 is 2.74 bits per heavy atom. The first kappa shape index (κ1) is 13.8. The lowest BCUT2D eigenvalue weighted by atomic mass is 9.76. The molecule has 0 bridgehead atoms. The molecule has 0 aromatic heterocycles. The second-order valence-corrected chi connectivity index (χ2v) is 6.83. The molecule has 1 saturated heterocycles. The molecule has 1 aliphatic heterocycles. The van der Waals surface area contributed by atoms with E-state index in [1.807, 2.05) is 7.11 Å². The number of hydrogen-bond acceptors (Lipinski definition) is 3. The number of nitrogens with zero attached hydrogens (tertiary/aromatic N) is 1. The van der Waals surface area contributed by atoms with E-state index in [0.717, 1.165) is 6.04 Å². The average Bonchev–Trinajstić information content (AvgIpc) is 2.49. The Morgan fingerprint density at radius 2 is 1.95 bits per heavy atom. The fraction of sp³-hybridized carbons (Fsp3) is 1.00. The van der Waals surface area contributed by atoms with Crippen LogP contribution in [0.4, 0.5) is 0 Å². The minimum Gasteiger partial charge on any atom is -0.381 e. The largest absolute Gasteiger partial charge is 0.381 e. The SMILES string of the molecule is COC1CCCC(N2CCNCC23CCCCC3)C1. The van der Waals surface area contributed by atoms with Crippen molar-refractivity contribution in [3.05, 3.63) is 0 Å². The second-order valence-electron chi connectivity index (χ2n) is 6.83. The van der Waals surface area contributed by atoms with Gasteiger partial charge in [-0.05, 0) is 38.5 Å². The van der Waals surface area contributed by atoms with Crippen molar-refractivity contribution in [2.24, 2.45) is 0 Å². The molecule has 0 amide bonds. The molecule has 2 atom stereocenters. The summed E-state index contributed by atoms with van der Waals surface area (Å²) in [7, 11) is 1.89. The van der Waals surface area contributed by atoms with Crippen LogP contribution in [0, 0.1) is 0 Å². The highest BCUT2D eigenvalue weighted by atomic mass is 16.5. The predicted molar refractivity (Wildman–Crippen MR) is 78.4 cm³/mol. The van der Waals surface area contributed by atoms with E-state index in [9.17, 15) is 0 Å². The summed E-state index contributed by atoms with van der Waals surface area (Å²) in [6.45, 7) is 3.65. The van der Waals surface area contributed by atoms with Crippen LogP contribution in [0.3, 0.4) is 0 Å². The van der Waals surface area contributed by atoms with E-state index in [4.69, 9.17) is 4.74 Å². The number of methoxy groups -OCH3 is 1. The minimum absolute atomic E-state index is 0.483. The van der Waals surface area contributed by atoms with Crippen molar-refractivity contribution in [3.63, 3.8) is 0 Å². The summed E-state index contributed by atoms with van der Waals surface area (Å²) in [5.41, 5.74) is 0.483. The van der Waals surface area contributed by atoms with Gasteiger partial charge in [-0.3, -0.25) is 4.90 Å². The summed E-state index contributed by atoms with van der Waals surface area (Å²) in [5, 5.41) is 3.67. The third-order valence-electron chi connectivity index (χ3n) is 5.75. The highest BCUT2D eigenvalue weighted by Gasteiger charge is 2.43. The Bertz CT molecular complexity index is 280. The molecule has 19 heavy (non-hydrogen) atoms. The van der Waals surface area contributed by atoms with Gasteiger partial charge in [-0.15, -0.1) is 0 Å². The molecule has 3 nitrogen and oxygen atoms in total. The van der Waals surface area contributed by atoms with Gasteiger partial charge < -0.3 is 10.1 Å². The van der Waals surface area contributed by atoms with Gasteiger partial charge in [0.2, 0.25) is 0 Å². The zero-order valence-electron chi connectivity index (χ0n) is 12.5. The van der Waals surface area contributed by atoms with Crippen molar-refractivity contribution in [1.29, 1.82) is 0 Å². The summed E-state index contributed by atoms with van der Waals surface area (Å²) in [5.74, 6) is 0. The van der Waals surface area contributed by atoms with Crippen molar-refractivity contribution in [1.82, 2.24) is 10.2 Å². The van der Waals surface area contributed by atoms with Gasteiger partial charge in [0.05, 0.1) is 6.10 Å². The van der Waals surface area contributed by atoms with Gasteiger partial charge in [0.1, 0.15) is 0 Å². The highest BCUT2D eigenvalue weighted by Crippen LogP contribution is 2.39. The summed E-state index contributed by atoms with van der Waals surface area (Å²) in [4.78, 5) is 2.90. The van der Waals surface area contributed by atoms with Crippen LogP contribution >= 0.6 is 0 Å². The third kappa shape index (κ3) is 2.84. The van der Waals surface area contributed by atoms with Crippen LogP contribution in [-0.2, 0) is 4.74 Å². The van der Waals surface area contributed by atoms with Gasteiger partial charge in [0, 0.05) is 38.3 Å². The zero-order valence-corrected chi connectivity index (χ0v) is 12.5. The lowest BCUT2D eigenvalue weighted by Gasteiger charge is -2.54. The lowest BCUT2D eigenvalue weighted by molar-refractivity contribution is -0.0455. The van der Waals surface area contributed by atoms with Gasteiger partial charge in [-0.1, -0.05) is 19.3 Å². The smallest absolute Gasteiger partial charge is 0.0586 e. The van der Waals surface area contributed by atoms with E-state index >= 15 is 0 Å². The molecule has 2 aliphatic carbocycles. The van der Waals surface area contributed by atoms with Crippen LogP contribution < -0.4 is 5.32 Å². The predicted octanol–water partition coefficient (Wildman–Crippen LogP) is 2.55. The zero-order chi connectivity index (χ0) is 13.1. The Morgan fingerprint density at radius 1 is 1.11 bits per heavy atom. The van der Waals surface area contributed by atoms with Gasteiger partial charge >= 0.3 is 0 Å². The molecule has 2 saturated carbocycles. The van der Waals surface area contributed by atoms with Crippen LogP contribution in [0.5, 0.6) is 0 Å². The van der Waals surface area contributed by atoms with Crippen LogP contribution in [-0.4, -0.2) is 49.3 Å². The van der Waals surface area contributed by atoms with Crippen LogP contribution in [0.15, 0.2) is 0 Å². The van der Waals surface area contributed by atoms with E-state index < -0.39 is 0 Å². The molecular weight excluding hydrogens is 236 g/mol. The van der Waals surface area contributed by atoms with E-state index in [1.54, 1.807) is 0 Å². The molecule has 3 heteroatoms. The first-order valence-corrected chi connectivity index (χ1v) is 8.34. The van der Waals surface area contributed by atoms with Crippen LogP contribution in [0.1, 0.15) is 57.8 Å². The minimum atomic E-state index is 0.483. The Balaban J connectivity index is 1.72. The Kier molecular flexibility index (Phi) is 4.45. The fourth-order valence-electron chi connectivity index (χ4n) is 4.72. The maximum Gasteiger partial charge on any atom is 0.0586 e. The topological polar surface area (TPSA) is 24.5 Å². The van der Waals surface area contributed by atoms with Crippen molar-refractivity contribution >= 4 is 0 Å². The molecule has 1 N–H and O–H groups in total. The van der Waals surface area contributed by atoms with Gasteiger partial charge in [0.15, 0.2) is 0 Å². The number of piperazine rings is 1. The van der Waals surface area contributed by atoms with Gasteiger partial charge in [0.25, 0.3) is 0 Å². The average molecular weight is 266 g/mol. The van der Waals surface area contributed by atoms with Gasteiger partial charge in [-0.25, -0.2) is 0 Å². The summed E-state index contributed by atoms with van der Waals surface area (Å²) in [6.07, 6.45) is 12.9. The maximum absolute atomic E-state index is 5.65. The van der Waals surface area contributed by atoms with Crippen molar-refractivity contribution in [2.75, 3.05) is 26.7 Å². The number of hydrogen-bond donors (Lipinski definition) is 1. The van der Waals surface area contributed by atoms with E-state index in [0.29, 0.717) is 11.6 Å². The standard InChI is InChI=1S/C16H30N2O/c1-19-15-7-5-6-14(12-15)18-11-10-17-13-16(18)8-3-2-4-9-16/h14-15,17H,2-13H2,1H3. The number of nitrogens with one attached hydrogen (secondary N) is 1. The Hall–Kier alpha value is -0.120. The quantitative estimate of drug-likeness (QED) is 0.831. The summed E-state index contributed by atoms with van der Waals surface area (Å²) < 4.78 is 5.65. The molecule has 110 valence electrons. The molecule has 0 aromatic rings. The van der Waals surface area contributed by atoms with Crippen molar-refractivity contribution in [3.8, 4) is 0 Å². The molecule has 0 aromatic carbocycles. The van der Waals surface area contributed by atoms with Crippen molar-refractivity contribution in [2.45, 2.75) is 75.5 Å². The van der Waals surface area contributed by atoms with E-state index in [1.165, 1.54) is 77.4 Å². The first-order chi connectivity index (χ1) is 9.34. The second kappa shape index (κ2) is 6.11. The highest BCUT2D eigenvalue weighted by molar-refractivity contribution is 5.01. The number of rotatable bonds is 2. The molecule has 1 heterocycles. The summed E-state index contributed by atoms with van der Waals surface area (Å²) in [6, 6.07) is 0.777. The van der Waals surface area contributed by atoms with Crippen LogP contribution in [0.25, 0.3) is 0 Å². The first-order valence-electron chi connectivity index (χ1n) is 8.34. The number of ether oxygens (including phenoxy) is 1. The maximum atomic E-state index is 5.65. The lowest BCUT2D eigenvalue weighted by Crippen LogP contribution is -2.65. The monoisotopic (exact) mass is 266 g/mol. The molecular formula is C16H30N2O. The molecule has 3 aliphatic rings. The molecule has 3 rings (SSSR count). The van der Waals surface area contributed by atoms with E-state index in [-0.39, 0.29) is 0 Å². The third-order valence-corrected chi connectivity index (χ3v) is 5.75. The van der Waals surface area contributed by atoms with Crippen molar-refractivity contribution < 1.29 is 4.74 Å². The molecule has 1 spiro atoms. The van der Waals surface area contributed by atoms with Crippen LogP contribution in [0.2, 0.25) is 0 Å². The Labute approximate surface area is 118 Å². The normalized spacial score (nSPS) is 36.5. The fourth-order valence-corrected chi connectivity index (χ4v) is 4.72. The summed E-state index contributed by atoms with van der Waals surface area (Å²) >= 11 is 0. The molecule has 2 unspecified atom stereocenters.